The van der Waals surface area contributed by atoms with Crippen LogP contribution in [-0.2, 0) is 0 Å². The van der Waals surface area contributed by atoms with E-state index in [1.54, 1.807) is 18.3 Å². The lowest BCUT2D eigenvalue weighted by Crippen LogP contribution is -2.46. The second-order valence-corrected chi connectivity index (χ2v) is 9.82. The molecule has 3 rings (SSSR count). The molecule has 1 heterocycles. The standard InChI is InChI=1S/C27H35F2N5O/c1-7-34(26(35)23-13-14-31-33-23)16-19-11-12-20(27(4,5)18(19)3)17(2)15-24(32-30-6)25-21(28)9-8-10-22(25)29/h8-10,13-15,18-20H,2,7,11-12,16H2,1,3-6H3,(H,31,33)/b24-15-,32-30?/t18-,19+,20+/m1/s1. The number of allylic oxidation sites excluding steroid dienone is 2. The maximum Gasteiger partial charge on any atom is 0.271 e. The largest absolute Gasteiger partial charge is 0.337 e. The van der Waals surface area contributed by atoms with Crippen molar-refractivity contribution < 1.29 is 13.6 Å². The molecular weight excluding hydrogens is 448 g/mol. The van der Waals surface area contributed by atoms with Crippen LogP contribution in [0.25, 0.3) is 5.70 Å². The van der Waals surface area contributed by atoms with Gasteiger partial charge in [0.25, 0.3) is 5.91 Å². The van der Waals surface area contributed by atoms with Gasteiger partial charge in [-0.15, -0.1) is 0 Å². The second kappa shape index (κ2) is 11.1. The number of H-pyrrole nitrogens is 1. The Morgan fingerprint density at radius 1 is 1.29 bits per heavy atom. The molecule has 1 amide bonds. The zero-order valence-corrected chi connectivity index (χ0v) is 21.2. The topological polar surface area (TPSA) is 73.7 Å². The molecule has 1 aromatic heterocycles. The van der Waals surface area contributed by atoms with E-state index in [2.05, 4.69) is 47.8 Å². The number of hydrogen-bond acceptors (Lipinski definition) is 4. The third-order valence-corrected chi connectivity index (χ3v) is 7.66. The molecule has 0 radical (unpaired) electrons. The van der Waals surface area contributed by atoms with E-state index in [-0.39, 0.29) is 34.4 Å². The van der Waals surface area contributed by atoms with Crippen LogP contribution in [0.3, 0.4) is 0 Å². The normalized spacial score (nSPS) is 22.4. The van der Waals surface area contributed by atoms with Crippen molar-refractivity contribution >= 4 is 11.6 Å². The predicted octanol–water partition coefficient (Wildman–Crippen LogP) is 6.52. The molecule has 0 spiro atoms. The van der Waals surface area contributed by atoms with Crippen molar-refractivity contribution in [2.45, 2.75) is 40.5 Å². The van der Waals surface area contributed by atoms with E-state index in [1.165, 1.54) is 25.2 Å². The number of aromatic nitrogens is 2. The summed E-state index contributed by atoms with van der Waals surface area (Å²) < 4.78 is 28.9. The molecule has 0 bridgehead atoms. The first kappa shape index (κ1) is 26.4. The fraction of sp³-hybridized carbons (Fsp3) is 0.481. The summed E-state index contributed by atoms with van der Waals surface area (Å²) in [5, 5.41) is 14.4. The van der Waals surface area contributed by atoms with Crippen molar-refractivity contribution in [1.29, 1.82) is 0 Å². The number of benzene rings is 1. The molecule has 8 heteroatoms. The highest BCUT2D eigenvalue weighted by atomic mass is 19.1. The second-order valence-electron chi connectivity index (χ2n) is 9.82. The minimum atomic E-state index is -0.686. The van der Waals surface area contributed by atoms with E-state index in [0.29, 0.717) is 24.7 Å². The monoisotopic (exact) mass is 483 g/mol. The number of nitrogens with one attached hydrogen (secondary N) is 1. The van der Waals surface area contributed by atoms with E-state index in [1.807, 2.05) is 11.8 Å². The average molecular weight is 484 g/mol. The molecule has 188 valence electrons. The first-order valence-electron chi connectivity index (χ1n) is 12.0. The lowest BCUT2D eigenvalue weighted by atomic mass is 9.57. The highest BCUT2D eigenvalue weighted by molar-refractivity contribution is 5.92. The molecule has 6 nitrogen and oxygen atoms in total. The van der Waals surface area contributed by atoms with Crippen molar-refractivity contribution in [1.82, 2.24) is 15.1 Å². The molecule has 1 aromatic carbocycles. The van der Waals surface area contributed by atoms with Gasteiger partial charge in [-0.3, -0.25) is 9.89 Å². The van der Waals surface area contributed by atoms with Gasteiger partial charge in [0.15, 0.2) is 0 Å². The fourth-order valence-corrected chi connectivity index (χ4v) is 5.30. The average Bonchev–Trinajstić information content (AvgIpc) is 3.34. The van der Waals surface area contributed by atoms with Crippen molar-refractivity contribution in [3.8, 4) is 0 Å². The van der Waals surface area contributed by atoms with Crippen LogP contribution in [-0.4, -0.2) is 41.1 Å². The van der Waals surface area contributed by atoms with Crippen molar-refractivity contribution in [2.75, 3.05) is 20.1 Å². The summed E-state index contributed by atoms with van der Waals surface area (Å²) in [4.78, 5) is 14.7. The van der Waals surface area contributed by atoms with Crippen molar-refractivity contribution in [3.05, 3.63) is 71.6 Å². The highest BCUT2D eigenvalue weighted by Gasteiger charge is 2.44. The van der Waals surface area contributed by atoms with E-state index < -0.39 is 11.6 Å². The van der Waals surface area contributed by atoms with Gasteiger partial charge in [-0.25, -0.2) is 8.78 Å². The van der Waals surface area contributed by atoms with Crippen LogP contribution in [0, 0.1) is 34.8 Å². The van der Waals surface area contributed by atoms with Crippen LogP contribution >= 0.6 is 0 Å². The molecule has 1 N–H and O–H groups in total. The summed E-state index contributed by atoms with van der Waals surface area (Å²) in [5.41, 5.74) is 1.03. The maximum atomic E-state index is 14.5. The molecule has 1 aliphatic rings. The van der Waals surface area contributed by atoms with Gasteiger partial charge in [-0.2, -0.15) is 15.3 Å². The Balaban J connectivity index is 1.81. The Morgan fingerprint density at radius 2 is 1.97 bits per heavy atom. The fourth-order valence-electron chi connectivity index (χ4n) is 5.30. The molecule has 0 saturated heterocycles. The number of aromatic amines is 1. The quantitative estimate of drug-likeness (QED) is 0.343. The summed E-state index contributed by atoms with van der Waals surface area (Å²) in [7, 11) is 1.47. The zero-order chi connectivity index (χ0) is 25.8. The van der Waals surface area contributed by atoms with Crippen molar-refractivity contribution in [3.63, 3.8) is 0 Å². The summed E-state index contributed by atoms with van der Waals surface area (Å²) in [6.45, 7) is 14.1. The SMILES string of the molecule is C=C(/C=C(\N=NC)c1c(F)cccc1F)[C@@H]1CC[C@@H](CN(CC)C(=O)c2ccn[nH]2)[C@@H](C)C1(C)C. The van der Waals surface area contributed by atoms with Crippen LogP contribution in [0.15, 0.2) is 58.9 Å². The van der Waals surface area contributed by atoms with Crippen LogP contribution in [0.1, 0.15) is 56.6 Å². The third kappa shape index (κ3) is 5.57. The Morgan fingerprint density at radius 3 is 2.54 bits per heavy atom. The summed E-state index contributed by atoms with van der Waals surface area (Å²) in [6.07, 6.45) is 5.00. The Kier molecular flexibility index (Phi) is 8.35. The molecular formula is C27H35F2N5O. The maximum absolute atomic E-state index is 14.5. The Hall–Kier alpha value is -3.16. The zero-order valence-electron chi connectivity index (χ0n) is 21.2. The third-order valence-electron chi connectivity index (χ3n) is 7.66. The van der Waals surface area contributed by atoms with Gasteiger partial charge in [0, 0.05) is 26.3 Å². The first-order valence-corrected chi connectivity index (χ1v) is 12.0. The summed E-state index contributed by atoms with van der Waals surface area (Å²) >= 11 is 0. The number of azo groups is 1. The van der Waals surface area contributed by atoms with Crippen molar-refractivity contribution in [2.24, 2.45) is 33.4 Å². The summed E-state index contributed by atoms with van der Waals surface area (Å²) in [6, 6.07) is 5.44. The van der Waals surface area contributed by atoms with Gasteiger partial charge in [-0.05, 0) is 72.8 Å². The number of rotatable bonds is 8. The lowest BCUT2D eigenvalue weighted by molar-refractivity contribution is 0.0238. The van der Waals surface area contributed by atoms with E-state index >= 15 is 0 Å². The van der Waals surface area contributed by atoms with E-state index in [9.17, 15) is 13.6 Å². The van der Waals surface area contributed by atoms with Gasteiger partial charge in [0.05, 0.1) is 11.3 Å². The number of carbonyl (C=O) groups excluding carboxylic acids is 1. The number of halogens is 2. The highest BCUT2D eigenvalue weighted by Crippen LogP contribution is 2.51. The Labute approximate surface area is 206 Å². The molecule has 0 aliphatic heterocycles. The molecule has 1 fully saturated rings. The minimum Gasteiger partial charge on any atom is -0.337 e. The van der Waals surface area contributed by atoms with E-state index in [0.717, 1.165) is 18.4 Å². The van der Waals surface area contributed by atoms with Gasteiger partial charge in [0.1, 0.15) is 17.3 Å². The number of carbonyl (C=O) groups is 1. The van der Waals surface area contributed by atoms with Crippen LogP contribution < -0.4 is 0 Å². The smallest absolute Gasteiger partial charge is 0.271 e. The minimum absolute atomic E-state index is 0.0500. The molecule has 2 aromatic rings. The van der Waals surface area contributed by atoms with Gasteiger partial charge >= 0.3 is 0 Å². The van der Waals surface area contributed by atoms with Gasteiger partial charge in [0.2, 0.25) is 0 Å². The van der Waals surface area contributed by atoms with Crippen LogP contribution in [0.5, 0.6) is 0 Å². The number of hydrogen-bond donors (Lipinski definition) is 1. The number of amides is 1. The molecule has 1 aliphatic carbocycles. The van der Waals surface area contributed by atoms with Crippen LogP contribution in [0.4, 0.5) is 8.78 Å². The van der Waals surface area contributed by atoms with Crippen LogP contribution in [0.2, 0.25) is 0 Å². The predicted molar refractivity (Wildman–Crippen MR) is 134 cm³/mol. The Bertz CT molecular complexity index is 1090. The molecule has 1 saturated carbocycles. The van der Waals surface area contributed by atoms with Gasteiger partial charge < -0.3 is 4.90 Å². The van der Waals surface area contributed by atoms with E-state index in [4.69, 9.17) is 0 Å². The van der Waals surface area contributed by atoms with Gasteiger partial charge in [-0.1, -0.05) is 33.4 Å². The number of nitrogens with zero attached hydrogens (tertiary/aromatic N) is 4. The molecule has 3 atom stereocenters. The first-order chi connectivity index (χ1) is 16.6. The summed E-state index contributed by atoms with van der Waals surface area (Å²) in [5.74, 6) is -0.751. The molecule has 35 heavy (non-hydrogen) atoms. The molecule has 0 unspecified atom stereocenters. The lowest BCUT2D eigenvalue weighted by Gasteiger charge is -2.49.